The number of nitro groups is 1. The molecule has 1 aromatic heterocycles. The van der Waals surface area contributed by atoms with E-state index in [0.29, 0.717) is 0 Å². The van der Waals surface area contributed by atoms with Crippen LogP contribution in [0.15, 0.2) is 15.6 Å². The van der Waals surface area contributed by atoms with Gasteiger partial charge < -0.3 is 14.3 Å². The van der Waals surface area contributed by atoms with E-state index >= 15 is 0 Å². The quantitative estimate of drug-likeness (QED) is 0.252. The van der Waals surface area contributed by atoms with Crippen molar-refractivity contribution in [2.24, 2.45) is 5.10 Å². The minimum absolute atomic E-state index is 0. The Labute approximate surface area is 143 Å². The number of rotatable bonds is 3. The zero-order chi connectivity index (χ0) is 12.4. The molecule has 90 valence electrons. The number of furan rings is 1. The van der Waals surface area contributed by atoms with Gasteiger partial charge in [-0.15, -0.1) is 0 Å². The molecule has 0 bridgehead atoms. The van der Waals surface area contributed by atoms with E-state index in [0.717, 1.165) is 17.3 Å². The summed E-state index contributed by atoms with van der Waals surface area (Å²) in [5, 5.41) is 26.0. The van der Waals surface area contributed by atoms with Crippen LogP contribution < -0.4 is 56.5 Å². The molecule has 0 aliphatic carbocycles. The Bertz CT molecular complexity index is 499. The Kier molecular flexibility index (Phi) is 5.28. The first-order valence-corrected chi connectivity index (χ1v) is 4.51. The Balaban J connectivity index is 0.00000162. The maximum Gasteiger partial charge on any atom is 1.00 e. The Morgan fingerprint density at radius 2 is 2.28 bits per heavy atom. The zero-order valence-electron chi connectivity index (χ0n) is 9.36. The number of amides is 1. The number of carbonyl (C=O) groups is 1. The van der Waals surface area contributed by atoms with Crippen molar-refractivity contribution in [3.8, 4) is 5.75 Å². The fourth-order valence-corrected chi connectivity index (χ4v) is 1.19. The van der Waals surface area contributed by atoms with Crippen LogP contribution in [-0.2, 0) is 4.74 Å². The molecule has 2 heterocycles. The van der Waals surface area contributed by atoms with E-state index in [-0.39, 0.29) is 70.3 Å². The first-order valence-electron chi connectivity index (χ1n) is 4.51. The average Bonchev–Trinajstić information content (AvgIpc) is 2.82. The molecule has 2 rings (SSSR count). The van der Waals surface area contributed by atoms with Crippen molar-refractivity contribution in [1.82, 2.24) is 5.01 Å². The predicted octanol–water partition coefficient (Wildman–Crippen LogP) is -2.95. The normalized spacial score (nSPS) is 14.7. The molecule has 1 amide bonds. The van der Waals surface area contributed by atoms with Crippen LogP contribution in [0.3, 0.4) is 0 Å². The largest absolute Gasteiger partial charge is 1.00 e. The Hall–Kier alpha value is -0.944. The third-order valence-corrected chi connectivity index (χ3v) is 1.93. The third kappa shape index (κ3) is 3.29. The van der Waals surface area contributed by atoms with Gasteiger partial charge >= 0.3 is 63.4 Å². The fraction of sp³-hybridized carbons (Fsp3) is 0.250. The van der Waals surface area contributed by atoms with Gasteiger partial charge in [-0.3, -0.25) is 10.1 Å². The fourth-order valence-electron chi connectivity index (χ4n) is 1.19. The second-order valence-electron chi connectivity index (χ2n) is 3.06. The molecule has 0 N–H and O–H groups in total. The molecule has 0 saturated carbocycles. The zero-order valence-corrected chi connectivity index (χ0v) is 12.5. The van der Waals surface area contributed by atoms with Crippen molar-refractivity contribution in [2.45, 2.75) is 0 Å². The van der Waals surface area contributed by atoms with E-state index in [9.17, 15) is 20.0 Å². The first-order chi connectivity index (χ1) is 8.08. The van der Waals surface area contributed by atoms with Gasteiger partial charge in [-0.1, -0.05) is 0 Å². The van der Waals surface area contributed by atoms with Crippen molar-refractivity contribution in [3.63, 3.8) is 0 Å². The van der Waals surface area contributed by atoms with Crippen LogP contribution in [0.25, 0.3) is 0 Å². The van der Waals surface area contributed by atoms with Crippen molar-refractivity contribution >= 4 is 18.2 Å². The molecule has 0 unspecified atom stereocenters. The van der Waals surface area contributed by atoms with Crippen molar-refractivity contribution in [2.75, 3.05) is 13.2 Å². The smallest absolute Gasteiger partial charge is 0.865 e. The Morgan fingerprint density at radius 3 is 2.78 bits per heavy atom. The summed E-state index contributed by atoms with van der Waals surface area (Å²) in [7, 11) is 0. The summed E-state index contributed by atoms with van der Waals surface area (Å²) < 4.78 is 9.22. The molecule has 18 heavy (non-hydrogen) atoms. The molecule has 1 aliphatic heterocycles. The molecule has 9 nitrogen and oxygen atoms in total. The van der Waals surface area contributed by atoms with E-state index in [2.05, 4.69) is 14.3 Å². The molecule has 0 spiro atoms. The van der Waals surface area contributed by atoms with Gasteiger partial charge in [0.25, 0.3) is 0 Å². The second-order valence-corrected chi connectivity index (χ2v) is 3.06. The Morgan fingerprint density at radius 1 is 1.56 bits per heavy atom. The molecule has 10 heteroatoms. The van der Waals surface area contributed by atoms with Crippen molar-refractivity contribution in [3.05, 3.63) is 21.9 Å². The molecule has 0 aromatic carbocycles. The standard InChI is InChI=1S/C8H7N3O6.K/c12-6-3-5(17-7(6)11(14)15)4-9-10-1-2-16-8(10)13;/h3-4,12H,1-2H2;/q;+1/p-1/b9-4+;. The van der Waals surface area contributed by atoms with Crippen LogP contribution in [0.4, 0.5) is 10.7 Å². The summed E-state index contributed by atoms with van der Waals surface area (Å²) >= 11 is 0. The van der Waals surface area contributed by atoms with Gasteiger partial charge in [0, 0.05) is 5.75 Å². The molecule has 1 saturated heterocycles. The van der Waals surface area contributed by atoms with Crippen LogP contribution in [0, 0.1) is 10.1 Å². The van der Waals surface area contributed by atoms with Gasteiger partial charge in [-0.2, -0.15) is 10.1 Å². The number of hydrogen-bond donors (Lipinski definition) is 0. The molecule has 1 aromatic rings. The minimum Gasteiger partial charge on any atom is -0.865 e. The summed E-state index contributed by atoms with van der Waals surface area (Å²) in [5.41, 5.74) is 0. The average molecular weight is 279 g/mol. The van der Waals surface area contributed by atoms with E-state index in [1.165, 1.54) is 0 Å². The van der Waals surface area contributed by atoms with Crippen molar-refractivity contribution < 1.29 is 75.4 Å². The van der Waals surface area contributed by atoms with Crippen LogP contribution in [0.1, 0.15) is 5.76 Å². The summed E-state index contributed by atoms with van der Waals surface area (Å²) in [6.07, 6.45) is 0.422. The van der Waals surface area contributed by atoms with E-state index in [1.807, 2.05) is 0 Å². The van der Waals surface area contributed by atoms with E-state index in [4.69, 9.17) is 0 Å². The number of hydrogen-bond acceptors (Lipinski definition) is 7. The number of ether oxygens (including phenoxy) is 1. The van der Waals surface area contributed by atoms with Gasteiger partial charge in [0.1, 0.15) is 11.5 Å². The summed E-state index contributed by atoms with van der Waals surface area (Å²) in [4.78, 5) is 20.4. The summed E-state index contributed by atoms with van der Waals surface area (Å²) in [6.45, 7) is 0.504. The molecular weight excluding hydrogens is 273 g/mol. The molecule has 0 radical (unpaired) electrons. The van der Waals surface area contributed by atoms with Gasteiger partial charge in [0.2, 0.25) is 0 Å². The first kappa shape index (κ1) is 15.1. The third-order valence-electron chi connectivity index (χ3n) is 1.93. The maximum absolute atomic E-state index is 11.0. The number of carbonyl (C=O) groups excluding carboxylic acids is 1. The minimum atomic E-state index is -0.927. The number of cyclic esters (lactones) is 1. The van der Waals surface area contributed by atoms with Gasteiger partial charge in [-0.25, -0.2) is 4.79 Å². The maximum atomic E-state index is 11.0. The topological polar surface area (TPSA) is 121 Å². The van der Waals surface area contributed by atoms with Crippen molar-refractivity contribution in [1.29, 1.82) is 0 Å². The van der Waals surface area contributed by atoms with Crippen LogP contribution in [0.5, 0.6) is 5.75 Å². The molecular formula is C8H6KN3O6. The molecule has 1 aliphatic rings. The van der Waals surface area contributed by atoms with Crippen LogP contribution >= 0.6 is 0 Å². The van der Waals surface area contributed by atoms with Gasteiger partial charge in [0.05, 0.1) is 12.8 Å². The van der Waals surface area contributed by atoms with Crippen LogP contribution in [-0.4, -0.2) is 35.4 Å². The monoisotopic (exact) mass is 279 g/mol. The van der Waals surface area contributed by atoms with E-state index < -0.39 is 22.7 Å². The number of nitrogens with zero attached hydrogens (tertiary/aromatic N) is 3. The summed E-state index contributed by atoms with van der Waals surface area (Å²) in [6, 6.07) is 0.920. The second kappa shape index (κ2) is 6.29. The van der Waals surface area contributed by atoms with Crippen LogP contribution in [0.2, 0.25) is 0 Å². The SMILES string of the molecule is O=C1OCCN1/N=C/c1cc([O-])c([N+](=O)[O-])o1.[K+]. The van der Waals surface area contributed by atoms with Gasteiger partial charge in [0.15, 0.2) is 5.76 Å². The van der Waals surface area contributed by atoms with Gasteiger partial charge in [-0.05, 0) is 6.07 Å². The van der Waals surface area contributed by atoms with E-state index in [1.54, 1.807) is 0 Å². The predicted molar refractivity (Wildman–Crippen MR) is 50.5 cm³/mol. The number of hydrazone groups is 1. The molecule has 0 atom stereocenters. The molecule has 1 fully saturated rings. The summed E-state index contributed by atoms with van der Waals surface area (Å²) in [5.74, 6) is -1.82.